The molecule has 0 unspecified atom stereocenters. The number of hydrogen-bond donors (Lipinski definition) is 1. The van der Waals surface area contributed by atoms with Crippen molar-refractivity contribution in [2.24, 2.45) is 7.05 Å². The lowest BCUT2D eigenvalue weighted by atomic mass is 10.3. The third-order valence-electron chi connectivity index (χ3n) is 3.45. The standard InChI is InChI=1S/C13H18N4O/c1-16-12-10(4-3-5-11(12)18-2)15-13(16)17-8-6-14-7-9-17/h3-5,14H,6-9H2,1-2H3. The van der Waals surface area contributed by atoms with E-state index in [1.807, 2.05) is 18.2 Å². The first-order valence-corrected chi connectivity index (χ1v) is 6.26. The highest BCUT2D eigenvalue weighted by Gasteiger charge is 2.18. The van der Waals surface area contributed by atoms with Crippen molar-refractivity contribution in [3.63, 3.8) is 0 Å². The summed E-state index contributed by atoms with van der Waals surface area (Å²) in [5.41, 5.74) is 2.05. The highest BCUT2D eigenvalue weighted by Crippen LogP contribution is 2.28. The van der Waals surface area contributed by atoms with Gasteiger partial charge >= 0.3 is 0 Å². The zero-order valence-corrected chi connectivity index (χ0v) is 10.8. The highest BCUT2D eigenvalue weighted by molar-refractivity contribution is 5.84. The fraction of sp³-hybridized carbons (Fsp3) is 0.462. The molecule has 2 heterocycles. The van der Waals surface area contributed by atoms with Gasteiger partial charge in [-0.05, 0) is 12.1 Å². The minimum Gasteiger partial charge on any atom is -0.494 e. The maximum Gasteiger partial charge on any atom is 0.206 e. The predicted molar refractivity (Wildman–Crippen MR) is 72.3 cm³/mol. The van der Waals surface area contributed by atoms with Gasteiger partial charge in [-0.15, -0.1) is 0 Å². The van der Waals surface area contributed by atoms with Crippen LogP contribution in [-0.4, -0.2) is 42.8 Å². The topological polar surface area (TPSA) is 42.3 Å². The molecule has 0 radical (unpaired) electrons. The molecule has 1 saturated heterocycles. The van der Waals surface area contributed by atoms with Crippen molar-refractivity contribution in [1.29, 1.82) is 0 Å². The van der Waals surface area contributed by atoms with E-state index in [1.54, 1.807) is 7.11 Å². The van der Waals surface area contributed by atoms with Crippen molar-refractivity contribution in [3.8, 4) is 5.75 Å². The average Bonchev–Trinajstić information content (AvgIpc) is 2.77. The number of piperazine rings is 1. The second kappa shape index (κ2) is 4.49. The van der Waals surface area contributed by atoms with Crippen LogP contribution in [-0.2, 0) is 7.05 Å². The van der Waals surface area contributed by atoms with Gasteiger partial charge in [0.1, 0.15) is 11.3 Å². The second-order valence-electron chi connectivity index (χ2n) is 4.54. The number of para-hydroxylation sites is 1. The molecule has 96 valence electrons. The zero-order chi connectivity index (χ0) is 12.5. The summed E-state index contributed by atoms with van der Waals surface area (Å²) in [6.45, 7) is 4.03. The van der Waals surface area contributed by atoms with Crippen LogP contribution in [0, 0.1) is 0 Å². The Labute approximate surface area is 106 Å². The molecular weight excluding hydrogens is 228 g/mol. The first-order chi connectivity index (χ1) is 8.81. The van der Waals surface area contributed by atoms with E-state index in [9.17, 15) is 0 Å². The van der Waals surface area contributed by atoms with Gasteiger partial charge in [0.05, 0.1) is 12.6 Å². The van der Waals surface area contributed by atoms with Crippen LogP contribution in [0.5, 0.6) is 5.75 Å². The Hall–Kier alpha value is -1.75. The number of hydrogen-bond acceptors (Lipinski definition) is 4. The van der Waals surface area contributed by atoms with Gasteiger partial charge in [-0.3, -0.25) is 0 Å². The van der Waals surface area contributed by atoms with Gasteiger partial charge in [0.15, 0.2) is 0 Å². The van der Waals surface area contributed by atoms with E-state index in [0.717, 1.165) is 48.9 Å². The van der Waals surface area contributed by atoms with Crippen LogP contribution in [0.4, 0.5) is 5.95 Å². The summed E-state index contributed by atoms with van der Waals surface area (Å²) in [5.74, 6) is 1.90. The summed E-state index contributed by atoms with van der Waals surface area (Å²) in [7, 11) is 3.75. The first kappa shape index (κ1) is 11.3. The summed E-state index contributed by atoms with van der Waals surface area (Å²) in [5, 5.41) is 3.36. The van der Waals surface area contributed by atoms with E-state index in [2.05, 4.69) is 21.8 Å². The molecule has 0 bridgehead atoms. The summed E-state index contributed by atoms with van der Waals surface area (Å²) < 4.78 is 7.54. The number of rotatable bonds is 2. The minimum absolute atomic E-state index is 0.879. The Bertz CT molecular complexity index is 557. The molecule has 1 N–H and O–H groups in total. The molecule has 1 aromatic heterocycles. The summed E-state index contributed by atoms with van der Waals surface area (Å²) in [6.07, 6.45) is 0. The maximum absolute atomic E-state index is 5.42. The third kappa shape index (κ3) is 1.71. The Morgan fingerprint density at radius 3 is 2.78 bits per heavy atom. The van der Waals surface area contributed by atoms with Crippen molar-refractivity contribution in [1.82, 2.24) is 14.9 Å². The molecule has 0 aliphatic carbocycles. The van der Waals surface area contributed by atoms with Crippen LogP contribution < -0.4 is 15.0 Å². The lowest BCUT2D eigenvalue weighted by molar-refractivity contribution is 0.418. The number of imidazole rings is 1. The van der Waals surface area contributed by atoms with Crippen LogP contribution >= 0.6 is 0 Å². The van der Waals surface area contributed by atoms with Crippen molar-refractivity contribution in [2.45, 2.75) is 0 Å². The molecule has 0 atom stereocenters. The van der Waals surface area contributed by atoms with E-state index < -0.39 is 0 Å². The Morgan fingerprint density at radius 2 is 2.06 bits per heavy atom. The predicted octanol–water partition coefficient (Wildman–Crippen LogP) is 0.991. The van der Waals surface area contributed by atoms with Crippen molar-refractivity contribution < 1.29 is 4.74 Å². The number of fused-ring (bicyclic) bond motifs is 1. The lowest BCUT2D eigenvalue weighted by Crippen LogP contribution is -2.44. The van der Waals surface area contributed by atoms with Crippen LogP contribution in [0.2, 0.25) is 0 Å². The largest absolute Gasteiger partial charge is 0.494 e. The van der Waals surface area contributed by atoms with Gasteiger partial charge in [0, 0.05) is 33.2 Å². The molecule has 2 aromatic rings. The number of aryl methyl sites for hydroxylation is 1. The van der Waals surface area contributed by atoms with E-state index in [0.29, 0.717) is 0 Å². The van der Waals surface area contributed by atoms with Crippen molar-refractivity contribution >= 4 is 17.0 Å². The molecule has 0 saturated carbocycles. The Balaban J connectivity index is 2.10. The average molecular weight is 246 g/mol. The quantitative estimate of drug-likeness (QED) is 0.858. The summed E-state index contributed by atoms with van der Waals surface area (Å²) in [6, 6.07) is 5.99. The van der Waals surface area contributed by atoms with Gasteiger partial charge in [-0.1, -0.05) is 6.07 Å². The molecule has 5 heteroatoms. The first-order valence-electron chi connectivity index (χ1n) is 6.26. The van der Waals surface area contributed by atoms with Crippen molar-refractivity contribution in [2.75, 3.05) is 38.2 Å². The zero-order valence-electron chi connectivity index (χ0n) is 10.8. The second-order valence-corrected chi connectivity index (χ2v) is 4.54. The van der Waals surface area contributed by atoms with Gasteiger partial charge in [-0.2, -0.15) is 0 Å². The molecule has 0 spiro atoms. The summed E-state index contributed by atoms with van der Waals surface area (Å²) >= 11 is 0. The number of nitrogens with one attached hydrogen (secondary N) is 1. The number of methoxy groups -OCH3 is 1. The van der Waals surface area contributed by atoms with Crippen LogP contribution in [0.15, 0.2) is 18.2 Å². The molecule has 1 aliphatic heterocycles. The minimum atomic E-state index is 0.879. The molecule has 18 heavy (non-hydrogen) atoms. The van der Waals surface area contributed by atoms with Gasteiger partial charge in [0.2, 0.25) is 5.95 Å². The molecule has 1 aliphatic rings. The van der Waals surface area contributed by atoms with Gasteiger partial charge < -0.3 is 19.5 Å². The molecule has 3 rings (SSSR count). The fourth-order valence-corrected chi connectivity index (χ4v) is 2.53. The van der Waals surface area contributed by atoms with E-state index in [-0.39, 0.29) is 0 Å². The van der Waals surface area contributed by atoms with E-state index in [1.165, 1.54) is 0 Å². The highest BCUT2D eigenvalue weighted by atomic mass is 16.5. The van der Waals surface area contributed by atoms with Gasteiger partial charge in [0.25, 0.3) is 0 Å². The maximum atomic E-state index is 5.42. The van der Waals surface area contributed by atoms with Crippen LogP contribution in [0.25, 0.3) is 11.0 Å². The summed E-state index contributed by atoms with van der Waals surface area (Å²) in [4.78, 5) is 7.04. The fourth-order valence-electron chi connectivity index (χ4n) is 2.53. The lowest BCUT2D eigenvalue weighted by Gasteiger charge is -2.28. The van der Waals surface area contributed by atoms with Crippen LogP contribution in [0.1, 0.15) is 0 Å². The Kier molecular flexibility index (Phi) is 2.83. The number of anilines is 1. The molecule has 0 amide bonds. The Morgan fingerprint density at radius 1 is 1.28 bits per heavy atom. The molecular formula is C13H18N4O. The van der Waals surface area contributed by atoms with E-state index >= 15 is 0 Å². The monoisotopic (exact) mass is 246 g/mol. The van der Waals surface area contributed by atoms with Crippen molar-refractivity contribution in [3.05, 3.63) is 18.2 Å². The number of nitrogens with zero attached hydrogens (tertiary/aromatic N) is 3. The smallest absolute Gasteiger partial charge is 0.206 e. The molecule has 1 aromatic carbocycles. The molecule has 5 nitrogen and oxygen atoms in total. The number of ether oxygens (including phenoxy) is 1. The molecule has 1 fully saturated rings. The van der Waals surface area contributed by atoms with Crippen LogP contribution in [0.3, 0.4) is 0 Å². The third-order valence-corrected chi connectivity index (χ3v) is 3.45. The number of aromatic nitrogens is 2. The van der Waals surface area contributed by atoms with E-state index in [4.69, 9.17) is 9.72 Å². The van der Waals surface area contributed by atoms with Gasteiger partial charge in [-0.25, -0.2) is 4.98 Å². The number of benzene rings is 1. The SMILES string of the molecule is COc1cccc2nc(N3CCNCC3)n(C)c12. The normalized spacial score (nSPS) is 16.2.